The highest BCUT2D eigenvalue weighted by atomic mass is 16.3. The molecule has 1 N–H and O–H groups in total. The van der Waals surface area contributed by atoms with E-state index in [2.05, 4.69) is 17.1 Å². The molecular formula is C14H24N2O. The Morgan fingerprint density at radius 3 is 2.94 bits per heavy atom. The zero-order valence-corrected chi connectivity index (χ0v) is 10.8. The van der Waals surface area contributed by atoms with Crippen LogP contribution in [0.1, 0.15) is 38.4 Å². The van der Waals surface area contributed by atoms with E-state index in [1.165, 1.54) is 38.8 Å². The number of hydrogen-bond acceptors (Lipinski definition) is 3. The van der Waals surface area contributed by atoms with E-state index in [0.29, 0.717) is 0 Å². The molecule has 1 saturated carbocycles. The van der Waals surface area contributed by atoms with E-state index >= 15 is 0 Å². The van der Waals surface area contributed by atoms with E-state index in [0.717, 1.165) is 24.9 Å². The fraction of sp³-hybridized carbons (Fsp3) is 0.714. The van der Waals surface area contributed by atoms with E-state index < -0.39 is 0 Å². The van der Waals surface area contributed by atoms with Crippen molar-refractivity contribution >= 4 is 0 Å². The predicted molar refractivity (Wildman–Crippen MR) is 69.9 cm³/mol. The quantitative estimate of drug-likeness (QED) is 0.668. The standard InChI is InChI=1S/C14H24N2O/c1-2-3-9-16(13-6-7-13)10-8-15-12-14-5-4-11-17-14/h4-5,11,13,15H,2-3,6-10,12H2,1H3. The van der Waals surface area contributed by atoms with Gasteiger partial charge in [-0.25, -0.2) is 0 Å². The topological polar surface area (TPSA) is 28.4 Å². The number of hydrogen-bond donors (Lipinski definition) is 1. The molecule has 1 aromatic rings. The van der Waals surface area contributed by atoms with Crippen molar-refractivity contribution in [1.82, 2.24) is 10.2 Å². The Balaban J connectivity index is 1.58. The van der Waals surface area contributed by atoms with Gasteiger partial charge in [0.2, 0.25) is 0 Å². The number of unbranched alkanes of at least 4 members (excludes halogenated alkanes) is 1. The third kappa shape index (κ3) is 4.52. The SMILES string of the molecule is CCCCN(CCNCc1ccco1)C1CC1. The van der Waals surface area contributed by atoms with Gasteiger partial charge in [0.25, 0.3) is 0 Å². The van der Waals surface area contributed by atoms with E-state index in [4.69, 9.17) is 4.42 Å². The monoisotopic (exact) mass is 236 g/mol. The minimum Gasteiger partial charge on any atom is -0.468 e. The second-order valence-corrected chi connectivity index (χ2v) is 4.88. The molecule has 0 radical (unpaired) electrons. The molecule has 0 bridgehead atoms. The Kier molecular flexibility index (Phi) is 5.08. The van der Waals surface area contributed by atoms with E-state index in [-0.39, 0.29) is 0 Å². The van der Waals surface area contributed by atoms with Gasteiger partial charge in [-0.1, -0.05) is 13.3 Å². The molecule has 1 aromatic heterocycles. The average Bonchev–Trinajstić information content (AvgIpc) is 3.05. The molecule has 1 aliphatic carbocycles. The van der Waals surface area contributed by atoms with Crippen LogP contribution in [-0.2, 0) is 6.54 Å². The second-order valence-electron chi connectivity index (χ2n) is 4.88. The predicted octanol–water partition coefficient (Wildman–Crippen LogP) is 2.63. The molecule has 3 nitrogen and oxygen atoms in total. The zero-order chi connectivity index (χ0) is 11.9. The first-order chi connectivity index (χ1) is 8.40. The summed E-state index contributed by atoms with van der Waals surface area (Å²) in [4.78, 5) is 2.64. The lowest BCUT2D eigenvalue weighted by Gasteiger charge is -2.21. The van der Waals surface area contributed by atoms with Gasteiger partial charge in [-0.3, -0.25) is 4.90 Å². The number of nitrogens with one attached hydrogen (secondary N) is 1. The lowest BCUT2D eigenvalue weighted by Crippen LogP contribution is -2.34. The Labute approximate surface area is 104 Å². The van der Waals surface area contributed by atoms with E-state index in [1.54, 1.807) is 6.26 Å². The largest absolute Gasteiger partial charge is 0.468 e. The van der Waals surface area contributed by atoms with Crippen LogP contribution in [0.3, 0.4) is 0 Å². The lowest BCUT2D eigenvalue weighted by molar-refractivity contribution is 0.257. The van der Waals surface area contributed by atoms with Gasteiger partial charge in [-0.05, 0) is 37.9 Å². The molecule has 3 heteroatoms. The molecule has 2 rings (SSSR count). The summed E-state index contributed by atoms with van der Waals surface area (Å²) in [5.41, 5.74) is 0. The van der Waals surface area contributed by atoms with Crippen LogP contribution in [-0.4, -0.2) is 30.6 Å². The molecule has 96 valence electrons. The van der Waals surface area contributed by atoms with Crippen molar-refractivity contribution < 1.29 is 4.42 Å². The number of rotatable bonds is 9. The first kappa shape index (κ1) is 12.7. The summed E-state index contributed by atoms with van der Waals surface area (Å²) in [6, 6.07) is 4.84. The van der Waals surface area contributed by atoms with Gasteiger partial charge in [-0.2, -0.15) is 0 Å². The highest BCUT2D eigenvalue weighted by Crippen LogP contribution is 2.26. The molecule has 1 fully saturated rings. The third-order valence-corrected chi connectivity index (χ3v) is 3.32. The van der Waals surface area contributed by atoms with Crippen LogP contribution >= 0.6 is 0 Å². The van der Waals surface area contributed by atoms with Crippen molar-refractivity contribution in [2.24, 2.45) is 0 Å². The molecular weight excluding hydrogens is 212 g/mol. The number of nitrogens with zero attached hydrogens (tertiary/aromatic N) is 1. The van der Waals surface area contributed by atoms with Crippen molar-refractivity contribution in [3.8, 4) is 0 Å². The van der Waals surface area contributed by atoms with Gasteiger partial charge in [0.05, 0.1) is 12.8 Å². The molecule has 0 atom stereocenters. The van der Waals surface area contributed by atoms with Crippen molar-refractivity contribution in [2.45, 2.75) is 45.2 Å². The Morgan fingerprint density at radius 2 is 2.29 bits per heavy atom. The summed E-state index contributed by atoms with van der Waals surface area (Å²) >= 11 is 0. The normalized spacial score (nSPS) is 15.6. The highest BCUT2D eigenvalue weighted by Gasteiger charge is 2.27. The number of furan rings is 1. The van der Waals surface area contributed by atoms with Crippen LogP contribution in [0.2, 0.25) is 0 Å². The third-order valence-electron chi connectivity index (χ3n) is 3.32. The maximum absolute atomic E-state index is 5.29. The molecule has 0 aromatic carbocycles. The minimum absolute atomic E-state index is 0.847. The molecule has 17 heavy (non-hydrogen) atoms. The van der Waals surface area contributed by atoms with E-state index in [9.17, 15) is 0 Å². The molecule has 1 heterocycles. The van der Waals surface area contributed by atoms with Crippen LogP contribution < -0.4 is 5.32 Å². The van der Waals surface area contributed by atoms with Crippen LogP contribution in [0.4, 0.5) is 0 Å². The van der Waals surface area contributed by atoms with Crippen molar-refractivity contribution in [1.29, 1.82) is 0 Å². The summed E-state index contributed by atoms with van der Waals surface area (Å²) in [7, 11) is 0. The Morgan fingerprint density at radius 1 is 1.41 bits per heavy atom. The molecule has 0 amide bonds. The lowest BCUT2D eigenvalue weighted by atomic mass is 10.3. The van der Waals surface area contributed by atoms with E-state index in [1.807, 2.05) is 12.1 Å². The summed E-state index contributed by atoms with van der Waals surface area (Å²) in [5, 5.41) is 3.44. The highest BCUT2D eigenvalue weighted by molar-refractivity contribution is 4.97. The van der Waals surface area contributed by atoms with Gasteiger partial charge >= 0.3 is 0 Å². The van der Waals surface area contributed by atoms with Crippen LogP contribution in [0.25, 0.3) is 0 Å². The van der Waals surface area contributed by atoms with Crippen LogP contribution in [0, 0.1) is 0 Å². The summed E-state index contributed by atoms with van der Waals surface area (Å²) in [5.74, 6) is 1.02. The molecule has 1 aliphatic rings. The Hall–Kier alpha value is -0.800. The van der Waals surface area contributed by atoms with Crippen molar-refractivity contribution in [2.75, 3.05) is 19.6 Å². The summed E-state index contributed by atoms with van der Waals surface area (Å²) < 4.78 is 5.29. The van der Waals surface area contributed by atoms with Crippen molar-refractivity contribution in [3.05, 3.63) is 24.2 Å². The van der Waals surface area contributed by atoms with Gasteiger partial charge in [0.15, 0.2) is 0 Å². The fourth-order valence-corrected chi connectivity index (χ4v) is 2.13. The van der Waals surface area contributed by atoms with Gasteiger partial charge in [0.1, 0.15) is 5.76 Å². The molecule has 0 spiro atoms. The van der Waals surface area contributed by atoms with Crippen molar-refractivity contribution in [3.63, 3.8) is 0 Å². The smallest absolute Gasteiger partial charge is 0.117 e. The van der Waals surface area contributed by atoms with Gasteiger partial charge in [0, 0.05) is 19.1 Å². The minimum atomic E-state index is 0.847. The zero-order valence-electron chi connectivity index (χ0n) is 10.8. The molecule has 0 unspecified atom stereocenters. The Bertz CT molecular complexity index is 293. The maximum atomic E-state index is 5.29. The van der Waals surface area contributed by atoms with Crippen LogP contribution in [0.15, 0.2) is 22.8 Å². The first-order valence-corrected chi connectivity index (χ1v) is 6.87. The second kappa shape index (κ2) is 6.82. The summed E-state index contributed by atoms with van der Waals surface area (Å²) in [6.45, 7) is 6.61. The average molecular weight is 236 g/mol. The first-order valence-electron chi connectivity index (χ1n) is 6.87. The fourth-order valence-electron chi connectivity index (χ4n) is 2.13. The van der Waals surface area contributed by atoms with Gasteiger partial charge in [-0.15, -0.1) is 0 Å². The van der Waals surface area contributed by atoms with Gasteiger partial charge < -0.3 is 9.73 Å². The summed E-state index contributed by atoms with van der Waals surface area (Å²) in [6.07, 6.45) is 7.16. The molecule has 0 saturated heterocycles. The molecule has 0 aliphatic heterocycles. The van der Waals surface area contributed by atoms with Crippen LogP contribution in [0.5, 0.6) is 0 Å². The maximum Gasteiger partial charge on any atom is 0.117 e.